The lowest BCUT2D eigenvalue weighted by Gasteiger charge is -2.02. The molecule has 0 aliphatic rings. The number of aryl methyl sites for hydroxylation is 1. The topological polar surface area (TPSA) is 72.2 Å². The highest BCUT2D eigenvalue weighted by atomic mass is 16.2. The van der Waals surface area contributed by atoms with E-state index in [0.717, 1.165) is 5.56 Å². The molecule has 4 heteroatoms. The van der Waals surface area contributed by atoms with Crippen LogP contribution in [0.2, 0.25) is 0 Å². The maximum Gasteiger partial charge on any atom is 0.313 e. The van der Waals surface area contributed by atoms with Crippen molar-refractivity contribution in [2.24, 2.45) is 5.73 Å². The van der Waals surface area contributed by atoms with Gasteiger partial charge < -0.3 is 11.1 Å². The van der Waals surface area contributed by atoms with Crippen LogP contribution in [0.15, 0.2) is 24.3 Å². The van der Waals surface area contributed by atoms with Crippen molar-refractivity contribution in [2.45, 2.75) is 6.92 Å². The number of carbonyl (C=O) groups excluding carboxylic acids is 2. The Kier molecular flexibility index (Phi) is 2.64. The van der Waals surface area contributed by atoms with Crippen molar-refractivity contribution in [1.82, 2.24) is 0 Å². The number of anilines is 1. The summed E-state index contributed by atoms with van der Waals surface area (Å²) >= 11 is 0. The molecule has 68 valence electrons. The van der Waals surface area contributed by atoms with Crippen LogP contribution in [0.25, 0.3) is 0 Å². The van der Waals surface area contributed by atoms with Gasteiger partial charge in [0.05, 0.1) is 0 Å². The molecular formula is C9H10N2O2. The van der Waals surface area contributed by atoms with E-state index in [1.807, 2.05) is 13.0 Å². The van der Waals surface area contributed by atoms with E-state index in [9.17, 15) is 9.59 Å². The Morgan fingerprint density at radius 3 is 2.62 bits per heavy atom. The Morgan fingerprint density at radius 2 is 2.08 bits per heavy atom. The second-order valence-electron chi connectivity index (χ2n) is 2.69. The first kappa shape index (κ1) is 9.25. The summed E-state index contributed by atoms with van der Waals surface area (Å²) in [5.74, 6) is -1.79. The summed E-state index contributed by atoms with van der Waals surface area (Å²) in [6, 6.07) is 7.11. The molecule has 0 saturated heterocycles. The van der Waals surface area contributed by atoms with Gasteiger partial charge in [0.2, 0.25) is 0 Å². The quantitative estimate of drug-likeness (QED) is 0.611. The lowest BCUT2D eigenvalue weighted by atomic mass is 10.2. The average Bonchev–Trinajstić information content (AvgIpc) is 2.04. The summed E-state index contributed by atoms with van der Waals surface area (Å²) in [7, 11) is 0. The van der Waals surface area contributed by atoms with Gasteiger partial charge in [-0.05, 0) is 24.6 Å². The van der Waals surface area contributed by atoms with Crippen LogP contribution in [-0.2, 0) is 9.59 Å². The van der Waals surface area contributed by atoms with Crippen LogP contribution >= 0.6 is 0 Å². The van der Waals surface area contributed by atoms with Gasteiger partial charge in [-0.2, -0.15) is 0 Å². The number of carbonyl (C=O) groups is 2. The van der Waals surface area contributed by atoms with E-state index in [1.165, 1.54) is 0 Å². The number of hydrogen-bond acceptors (Lipinski definition) is 2. The van der Waals surface area contributed by atoms with E-state index in [-0.39, 0.29) is 0 Å². The monoisotopic (exact) mass is 178 g/mol. The fourth-order valence-corrected chi connectivity index (χ4v) is 0.916. The van der Waals surface area contributed by atoms with E-state index in [0.29, 0.717) is 5.69 Å². The molecule has 0 saturated carbocycles. The van der Waals surface area contributed by atoms with Gasteiger partial charge in [0.25, 0.3) is 0 Å². The molecule has 0 spiro atoms. The number of benzene rings is 1. The van der Waals surface area contributed by atoms with Gasteiger partial charge >= 0.3 is 11.8 Å². The van der Waals surface area contributed by atoms with Crippen LogP contribution in [0.5, 0.6) is 0 Å². The van der Waals surface area contributed by atoms with E-state index in [4.69, 9.17) is 5.73 Å². The summed E-state index contributed by atoms with van der Waals surface area (Å²) in [4.78, 5) is 21.2. The molecule has 0 aliphatic heterocycles. The molecule has 0 aromatic heterocycles. The van der Waals surface area contributed by atoms with Crippen molar-refractivity contribution in [3.05, 3.63) is 29.8 Å². The van der Waals surface area contributed by atoms with Gasteiger partial charge in [-0.3, -0.25) is 9.59 Å². The molecule has 1 rings (SSSR count). The first-order chi connectivity index (χ1) is 6.09. The number of nitrogens with two attached hydrogens (primary N) is 1. The molecule has 0 bridgehead atoms. The van der Waals surface area contributed by atoms with Crippen LogP contribution in [0.4, 0.5) is 5.69 Å². The fraction of sp³-hybridized carbons (Fsp3) is 0.111. The molecule has 0 fully saturated rings. The van der Waals surface area contributed by atoms with E-state index >= 15 is 0 Å². The molecule has 1 aromatic carbocycles. The lowest BCUT2D eigenvalue weighted by Crippen LogP contribution is -2.29. The summed E-state index contributed by atoms with van der Waals surface area (Å²) in [6.45, 7) is 1.89. The standard InChI is InChI=1S/C9H10N2O2/c1-6-3-2-4-7(5-6)11-9(13)8(10)12/h2-5H,1H3,(H2,10,12)(H,11,13). The lowest BCUT2D eigenvalue weighted by molar-refractivity contribution is -0.134. The zero-order chi connectivity index (χ0) is 9.84. The van der Waals surface area contributed by atoms with E-state index < -0.39 is 11.8 Å². The minimum Gasteiger partial charge on any atom is -0.361 e. The minimum atomic E-state index is -0.985. The third kappa shape index (κ3) is 2.59. The van der Waals surface area contributed by atoms with Gasteiger partial charge in [0.15, 0.2) is 0 Å². The Hall–Kier alpha value is -1.84. The van der Waals surface area contributed by atoms with E-state index in [2.05, 4.69) is 5.32 Å². The molecule has 0 radical (unpaired) electrons. The highest BCUT2D eigenvalue weighted by Gasteiger charge is 2.07. The third-order valence-electron chi connectivity index (χ3n) is 1.50. The van der Waals surface area contributed by atoms with E-state index in [1.54, 1.807) is 18.2 Å². The second-order valence-corrected chi connectivity index (χ2v) is 2.69. The molecule has 4 nitrogen and oxygen atoms in total. The Bertz CT molecular complexity index is 347. The zero-order valence-corrected chi connectivity index (χ0v) is 7.20. The summed E-state index contributed by atoms with van der Waals surface area (Å²) in [5, 5.41) is 2.37. The molecular weight excluding hydrogens is 168 g/mol. The van der Waals surface area contributed by atoms with Crippen LogP contribution in [0.3, 0.4) is 0 Å². The third-order valence-corrected chi connectivity index (χ3v) is 1.50. The van der Waals surface area contributed by atoms with Gasteiger partial charge in [0, 0.05) is 5.69 Å². The maximum atomic E-state index is 10.8. The minimum absolute atomic E-state index is 0.573. The maximum absolute atomic E-state index is 10.8. The predicted molar refractivity (Wildman–Crippen MR) is 49.0 cm³/mol. The zero-order valence-electron chi connectivity index (χ0n) is 7.20. The Morgan fingerprint density at radius 1 is 1.38 bits per heavy atom. The first-order valence-corrected chi connectivity index (χ1v) is 3.77. The fourth-order valence-electron chi connectivity index (χ4n) is 0.916. The van der Waals surface area contributed by atoms with Crippen molar-refractivity contribution in [3.8, 4) is 0 Å². The number of rotatable bonds is 1. The predicted octanol–water partition coefficient (Wildman–Crippen LogP) is 0.419. The normalized spacial score (nSPS) is 9.31. The van der Waals surface area contributed by atoms with Gasteiger partial charge in [-0.25, -0.2) is 0 Å². The molecule has 0 aliphatic carbocycles. The van der Waals surface area contributed by atoms with Gasteiger partial charge in [-0.1, -0.05) is 12.1 Å². The highest BCUT2D eigenvalue weighted by molar-refractivity contribution is 6.39. The van der Waals surface area contributed by atoms with Crippen molar-refractivity contribution in [1.29, 1.82) is 0 Å². The smallest absolute Gasteiger partial charge is 0.313 e. The largest absolute Gasteiger partial charge is 0.361 e. The van der Waals surface area contributed by atoms with Gasteiger partial charge in [-0.15, -0.1) is 0 Å². The summed E-state index contributed by atoms with van der Waals surface area (Å²) < 4.78 is 0. The average molecular weight is 178 g/mol. The Balaban J connectivity index is 2.75. The number of amides is 2. The van der Waals surface area contributed by atoms with Crippen LogP contribution in [-0.4, -0.2) is 11.8 Å². The molecule has 2 amide bonds. The van der Waals surface area contributed by atoms with Gasteiger partial charge in [0.1, 0.15) is 0 Å². The van der Waals surface area contributed by atoms with Crippen LogP contribution < -0.4 is 11.1 Å². The molecule has 3 N–H and O–H groups in total. The highest BCUT2D eigenvalue weighted by Crippen LogP contribution is 2.08. The summed E-state index contributed by atoms with van der Waals surface area (Å²) in [6.07, 6.45) is 0. The van der Waals surface area contributed by atoms with Crippen molar-refractivity contribution in [3.63, 3.8) is 0 Å². The first-order valence-electron chi connectivity index (χ1n) is 3.77. The number of hydrogen-bond donors (Lipinski definition) is 2. The SMILES string of the molecule is Cc1cccc(NC(=O)C(N)=O)c1. The molecule has 0 heterocycles. The van der Waals surface area contributed by atoms with Crippen LogP contribution in [0, 0.1) is 6.92 Å². The Labute approximate surface area is 75.7 Å². The van der Waals surface area contributed by atoms with Crippen LogP contribution in [0.1, 0.15) is 5.56 Å². The summed E-state index contributed by atoms with van der Waals surface area (Å²) in [5.41, 5.74) is 6.35. The van der Waals surface area contributed by atoms with Crippen molar-refractivity contribution < 1.29 is 9.59 Å². The molecule has 1 aromatic rings. The second kappa shape index (κ2) is 3.71. The van der Waals surface area contributed by atoms with Crippen molar-refractivity contribution >= 4 is 17.5 Å². The molecule has 13 heavy (non-hydrogen) atoms. The molecule has 0 unspecified atom stereocenters. The molecule has 0 atom stereocenters. The van der Waals surface area contributed by atoms with Crippen molar-refractivity contribution in [2.75, 3.05) is 5.32 Å². The number of primary amides is 1. The number of nitrogens with one attached hydrogen (secondary N) is 1.